The standard InChI is InChI=1S/C33H45N7O3/c41-22-43-27-18-33(19-27)16-25(17-33)38-11-5-23(6-12-38)37-9-7-24(8-10-37)39-13-14-40-26(21-39)20-34-32-30(40)15-29(35-36-32)28-3-1-2-4-31(28)42/h1-4,15,22-27,42H,5-14,16-21H2,(H,34,36)/t25-,26-,27-,33?/m0/s1. The highest BCUT2D eigenvalue weighted by molar-refractivity contribution is 5.76. The van der Waals surface area contributed by atoms with Crippen molar-refractivity contribution >= 4 is 18.0 Å². The number of carbonyl (C=O) groups is 1. The first-order chi connectivity index (χ1) is 21.1. The number of piperazine rings is 1. The molecule has 0 unspecified atom stereocenters. The van der Waals surface area contributed by atoms with E-state index in [-0.39, 0.29) is 11.9 Å². The Labute approximate surface area is 254 Å². The van der Waals surface area contributed by atoms with Crippen molar-refractivity contribution in [1.29, 1.82) is 0 Å². The Kier molecular flexibility index (Phi) is 7.19. The normalized spacial score (nSPS) is 32.3. The molecule has 230 valence electrons. The number of piperidine rings is 2. The maximum Gasteiger partial charge on any atom is 0.293 e. The van der Waals surface area contributed by atoms with Crippen LogP contribution in [0.5, 0.6) is 5.75 Å². The lowest BCUT2D eigenvalue weighted by Gasteiger charge is -2.60. The van der Waals surface area contributed by atoms with Gasteiger partial charge in [-0.15, -0.1) is 10.2 Å². The summed E-state index contributed by atoms with van der Waals surface area (Å²) in [6.45, 7) is 9.61. The number of phenolic OH excluding ortho intramolecular Hbond substituents is 1. The number of phenols is 1. The molecule has 2 saturated carbocycles. The summed E-state index contributed by atoms with van der Waals surface area (Å²) in [5.41, 5.74) is 3.03. The summed E-state index contributed by atoms with van der Waals surface area (Å²) in [7, 11) is 0. The molecule has 0 amide bonds. The SMILES string of the molecule is O=CO[C@H]1CC2(C1)C[C@H](N1CCC(N3CCC(N4CCN5c6cc(-c7ccccc7O)nnc6NC[C@H]5C4)CC3)CC1)C2. The van der Waals surface area contributed by atoms with Gasteiger partial charge in [0.25, 0.3) is 6.47 Å². The molecule has 4 aliphatic heterocycles. The van der Waals surface area contributed by atoms with Crippen molar-refractivity contribution < 1.29 is 14.6 Å². The predicted molar refractivity (Wildman–Crippen MR) is 165 cm³/mol. The molecule has 1 atom stereocenters. The molecule has 8 rings (SSSR count). The number of nitrogens with one attached hydrogen (secondary N) is 1. The second-order valence-electron chi connectivity index (χ2n) is 14.1. The van der Waals surface area contributed by atoms with Crippen LogP contribution in [0.2, 0.25) is 0 Å². The molecule has 3 saturated heterocycles. The third-order valence-electron chi connectivity index (χ3n) is 11.7. The van der Waals surface area contributed by atoms with Gasteiger partial charge in [0.1, 0.15) is 11.9 Å². The number of rotatable bonds is 6. The predicted octanol–water partition coefficient (Wildman–Crippen LogP) is 3.18. The summed E-state index contributed by atoms with van der Waals surface area (Å²) in [6, 6.07) is 12.0. The minimum absolute atomic E-state index is 0.186. The Bertz CT molecular complexity index is 1310. The third-order valence-corrected chi connectivity index (χ3v) is 11.7. The molecule has 5 heterocycles. The van der Waals surface area contributed by atoms with Crippen LogP contribution >= 0.6 is 0 Å². The van der Waals surface area contributed by atoms with Gasteiger partial charge in [-0.05, 0) is 101 Å². The number of nitrogens with zero attached hydrogens (tertiary/aromatic N) is 6. The van der Waals surface area contributed by atoms with E-state index < -0.39 is 0 Å². The molecule has 1 aromatic heterocycles. The topological polar surface area (TPSA) is 97.3 Å². The average molecular weight is 588 g/mol. The number of hydrogen-bond donors (Lipinski definition) is 2. The zero-order chi connectivity index (χ0) is 29.0. The molecular weight excluding hydrogens is 542 g/mol. The first kappa shape index (κ1) is 27.6. The van der Waals surface area contributed by atoms with E-state index in [4.69, 9.17) is 4.74 Å². The molecule has 2 aliphatic carbocycles. The number of aromatic hydroxyl groups is 1. The largest absolute Gasteiger partial charge is 0.507 e. The van der Waals surface area contributed by atoms with Gasteiger partial charge in [0.05, 0.1) is 17.4 Å². The molecule has 2 aromatic rings. The summed E-state index contributed by atoms with van der Waals surface area (Å²) in [5, 5.41) is 22.8. The fourth-order valence-electron chi connectivity index (χ4n) is 9.31. The Morgan fingerprint density at radius 3 is 2.26 bits per heavy atom. The molecular formula is C33H45N7O3. The molecule has 0 bridgehead atoms. The Balaban J connectivity index is 0.808. The summed E-state index contributed by atoms with van der Waals surface area (Å²) >= 11 is 0. The van der Waals surface area contributed by atoms with Gasteiger partial charge in [-0.2, -0.15) is 0 Å². The number of likely N-dealkylation sites (tertiary alicyclic amines) is 2. The van der Waals surface area contributed by atoms with Crippen LogP contribution in [0.4, 0.5) is 11.5 Å². The van der Waals surface area contributed by atoms with Crippen molar-refractivity contribution in [3.63, 3.8) is 0 Å². The molecule has 5 fully saturated rings. The smallest absolute Gasteiger partial charge is 0.293 e. The Morgan fingerprint density at radius 1 is 0.837 bits per heavy atom. The van der Waals surface area contributed by atoms with Gasteiger partial charge in [-0.3, -0.25) is 9.69 Å². The van der Waals surface area contributed by atoms with Gasteiger partial charge < -0.3 is 29.9 Å². The van der Waals surface area contributed by atoms with Gasteiger partial charge in [0.15, 0.2) is 5.82 Å². The molecule has 2 N–H and O–H groups in total. The third kappa shape index (κ3) is 5.15. The van der Waals surface area contributed by atoms with Crippen LogP contribution in [0.3, 0.4) is 0 Å². The number of benzene rings is 1. The van der Waals surface area contributed by atoms with Crippen LogP contribution in [0.1, 0.15) is 51.4 Å². The lowest BCUT2D eigenvalue weighted by molar-refractivity contribution is -0.163. The van der Waals surface area contributed by atoms with E-state index in [9.17, 15) is 9.90 Å². The average Bonchev–Trinajstić information content (AvgIpc) is 3.01. The van der Waals surface area contributed by atoms with Crippen LogP contribution in [0, 0.1) is 5.41 Å². The van der Waals surface area contributed by atoms with Crippen LogP contribution in [-0.4, -0.2) is 119 Å². The van der Waals surface area contributed by atoms with Gasteiger partial charge in [0, 0.05) is 49.9 Å². The number of hydrogen-bond acceptors (Lipinski definition) is 10. The molecule has 6 aliphatic rings. The molecule has 10 nitrogen and oxygen atoms in total. The van der Waals surface area contributed by atoms with E-state index in [0.717, 1.165) is 68.2 Å². The number of fused-ring (bicyclic) bond motifs is 3. The number of anilines is 2. The minimum atomic E-state index is 0.186. The van der Waals surface area contributed by atoms with E-state index >= 15 is 0 Å². The van der Waals surface area contributed by atoms with E-state index in [0.29, 0.717) is 29.7 Å². The van der Waals surface area contributed by atoms with Crippen molar-refractivity contribution in [2.75, 3.05) is 62.6 Å². The monoisotopic (exact) mass is 587 g/mol. The van der Waals surface area contributed by atoms with E-state index in [1.165, 1.54) is 64.7 Å². The van der Waals surface area contributed by atoms with Crippen LogP contribution < -0.4 is 10.2 Å². The Hall–Kier alpha value is -2.95. The lowest BCUT2D eigenvalue weighted by Crippen LogP contribution is -2.62. The summed E-state index contributed by atoms with van der Waals surface area (Å²) in [6.07, 6.45) is 10.1. The molecule has 10 heteroatoms. The zero-order valence-electron chi connectivity index (χ0n) is 25.1. The van der Waals surface area contributed by atoms with Crippen LogP contribution in [0.15, 0.2) is 30.3 Å². The lowest BCUT2D eigenvalue weighted by atomic mass is 9.52. The first-order valence-corrected chi connectivity index (χ1v) is 16.6. The van der Waals surface area contributed by atoms with Crippen molar-refractivity contribution in [3.8, 4) is 17.0 Å². The summed E-state index contributed by atoms with van der Waals surface area (Å²) in [5.74, 6) is 1.08. The van der Waals surface area contributed by atoms with Crippen LogP contribution in [-0.2, 0) is 9.53 Å². The molecule has 0 radical (unpaired) electrons. The number of ether oxygens (including phenoxy) is 1. The zero-order valence-corrected chi connectivity index (χ0v) is 25.1. The highest BCUT2D eigenvalue weighted by Crippen LogP contribution is 2.58. The molecule has 1 aromatic carbocycles. The van der Waals surface area contributed by atoms with Crippen LogP contribution in [0.25, 0.3) is 11.3 Å². The molecule has 43 heavy (non-hydrogen) atoms. The van der Waals surface area contributed by atoms with Gasteiger partial charge in [-0.1, -0.05) is 12.1 Å². The van der Waals surface area contributed by atoms with E-state index in [2.05, 4.69) is 41.2 Å². The van der Waals surface area contributed by atoms with E-state index in [1.54, 1.807) is 6.07 Å². The Morgan fingerprint density at radius 2 is 1.53 bits per heavy atom. The minimum Gasteiger partial charge on any atom is -0.507 e. The second kappa shape index (κ2) is 11.2. The van der Waals surface area contributed by atoms with Gasteiger partial charge in [0.2, 0.25) is 0 Å². The van der Waals surface area contributed by atoms with Crippen molar-refractivity contribution in [2.24, 2.45) is 5.41 Å². The fraction of sp³-hybridized carbons (Fsp3) is 0.667. The maximum absolute atomic E-state index is 10.6. The second-order valence-corrected chi connectivity index (χ2v) is 14.1. The first-order valence-electron chi connectivity index (χ1n) is 16.6. The quantitative estimate of drug-likeness (QED) is 0.491. The number of carbonyl (C=O) groups excluding carboxylic acids is 1. The fourth-order valence-corrected chi connectivity index (χ4v) is 9.31. The summed E-state index contributed by atoms with van der Waals surface area (Å²) in [4.78, 5) is 21.4. The van der Waals surface area contributed by atoms with Crippen molar-refractivity contribution in [2.45, 2.75) is 81.6 Å². The highest BCUT2D eigenvalue weighted by Gasteiger charge is 2.55. The molecule has 1 spiro atoms. The van der Waals surface area contributed by atoms with Gasteiger partial charge >= 0.3 is 0 Å². The van der Waals surface area contributed by atoms with Crippen molar-refractivity contribution in [1.82, 2.24) is 24.9 Å². The highest BCUT2D eigenvalue weighted by atomic mass is 16.5. The van der Waals surface area contributed by atoms with Crippen molar-refractivity contribution in [3.05, 3.63) is 30.3 Å². The summed E-state index contributed by atoms with van der Waals surface area (Å²) < 4.78 is 5.16. The van der Waals surface area contributed by atoms with Gasteiger partial charge in [-0.25, -0.2) is 0 Å². The maximum atomic E-state index is 10.6. The van der Waals surface area contributed by atoms with E-state index in [1.807, 2.05) is 18.2 Å². The number of aromatic nitrogens is 2. The number of para-hydroxylation sites is 1.